The molecule has 3 heteroatoms. The van der Waals surface area contributed by atoms with Crippen LogP contribution in [0.3, 0.4) is 0 Å². The highest BCUT2D eigenvalue weighted by Gasteiger charge is 2.13. The topological polar surface area (TPSA) is 29.1 Å². The lowest BCUT2D eigenvalue weighted by Gasteiger charge is -2.13. The van der Waals surface area contributed by atoms with Crippen molar-refractivity contribution in [1.29, 1.82) is 0 Å². The number of carbonyl (C=O) groups excluding carboxylic acids is 1. The summed E-state index contributed by atoms with van der Waals surface area (Å²) in [4.78, 5) is 12.2. The van der Waals surface area contributed by atoms with E-state index in [0.717, 1.165) is 0 Å². The van der Waals surface area contributed by atoms with Crippen LogP contribution in [0.5, 0.6) is 0 Å². The van der Waals surface area contributed by atoms with Gasteiger partial charge in [-0.25, -0.2) is 4.39 Å². The Labute approximate surface area is 111 Å². The molecule has 2 rings (SSSR count). The van der Waals surface area contributed by atoms with Crippen molar-refractivity contribution in [3.63, 3.8) is 0 Å². The van der Waals surface area contributed by atoms with Crippen molar-refractivity contribution in [2.75, 3.05) is 0 Å². The van der Waals surface area contributed by atoms with Crippen LogP contribution in [-0.4, -0.2) is 11.9 Å². The summed E-state index contributed by atoms with van der Waals surface area (Å²) in [5.41, 5.74) is 0.493. The predicted molar refractivity (Wildman–Crippen MR) is 75.6 cm³/mol. The van der Waals surface area contributed by atoms with E-state index in [4.69, 9.17) is 0 Å². The molecule has 1 N–H and O–H groups in total. The maximum Gasteiger partial charge on any atom is 0.252 e. The van der Waals surface area contributed by atoms with Crippen LogP contribution in [0.2, 0.25) is 0 Å². The molecule has 0 aliphatic rings. The number of carbonyl (C=O) groups is 1. The molecule has 19 heavy (non-hydrogen) atoms. The third-order valence-corrected chi connectivity index (χ3v) is 3.01. The van der Waals surface area contributed by atoms with Gasteiger partial charge in [-0.3, -0.25) is 4.79 Å². The molecule has 0 radical (unpaired) electrons. The molecule has 1 unspecified atom stereocenters. The SMILES string of the molecule is C=CCC(C)NC(=O)c1ccc(F)c2ccccc12. The lowest BCUT2D eigenvalue weighted by atomic mass is 10.0. The van der Waals surface area contributed by atoms with Gasteiger partial charge in [0.2, 0.25) is 0 Å². The number of hydrogen-bond acceptors (Lipinski definition) is 1. The highest BCUT2D eigenvalue weighted by Crippen LogP contribution is 2.21. The van der Waals surface area contributed by atoms with E-state index in [2.05, 4.69) is 11.9 Å². The number of rotatable bonds is 4. The van der Waals surface area contributed by atoms with E-state index >= 15 is 0 Å². The van der Waals surface area contributed by atoms with E-state index in [1.807, 2.05) is 6.92 Å². The Kier molecular flexibility index (Phi) is 3.95. The van der Waals surface area contributed by atoms with Gasteiger partial charge in [-0.05, 0) is 30.9 Å². The number of benzene rings is 2. The van der Waals surface area contributed by atoms with Crippen molar-refractivity contribution >= 4 is 16.7 Å². The normalized spacial score (nSPS) is 12.1. The van der Waals surface area contributed by atoms with Gasteiger partial charge in [-0.1, -0.05) is 30.3 Å². The summed E-state index contributed by atoms with van der Waals surface area (Å²) in [6.45, 7) is 5.55. The van der Waals surface area contributed by atoms with Crippen LogP contribution < -0.4 is 5.32 Å². The summed E-state index contributed by atoms with van der Waals surface area (Å²) < 4.78 is 13.7. The zero-order valence-electron chi connectivity index (χ0n) is 10.8. The van der Waals surface area contributed by atoms with Gasteiger partial charge in [-0.15, -0.1) is 6.58 Å². The number of hydrogen-bond donors (Lipinski definition) is 1. The minimum atomic E-state index is -0.314. The highest BCUT2D eigenvalue weighted by molar-refractivity contribution is 6.07. The van der Waals surface area contributed by atoms with Gasteiger partial charge in [0.1, 0.15) is 5.82 Å². The first-order valence-corrected chi connectivity index (χ1v) is 6.22. The summed E-state index contributed by atoms with van der Waals surface area (Å²) in [5.74, 6) is -0.503. The molecule has 0 aromatic heterocycles. The zero-order valence-corrected chi connectivity index (χ0v) is 10.8. The van der Waals surface area contributed by atoms with Crippen molar-refractivity contribution in [1.82, 2.24) is 5.32 Å². The minimum Gasteiger partial charge on any atom is -0.349 e. The van der Waals surface area contributed by atoms with Crippen molar-refractivity contribution in [3.8, 4) is 0 Å². The molecule has 1 amide bonds. The van der Waals surface area contributed by atoms with Crippen LogP contribution in [0.1, 0.15) is 23.7 Å². The van der Waals surface area contributed by atoms with Gasteiger partial charge in [-0.2, -0.15) is 0 Å². The minimum absolute atomic E-state index is 0.00816. The number of halogens is 1. The smallest absolute Gasteiger partial charge is 0.252 e. The molecule has 0 saturated heterocycles. The van der Waals surface area contributed by atoms with Gasteiger partial charge in [0.25, 0.3) is 5.91 Å². The molecule has 2 aromatic carbocycles. The quantitative estimate of drug-likeness (QED) is 0.832. The second kappa shape index (κ2) is 5.65. The molecule has 0 fully saturated rings. The number of fused-ring (bicyclic) bond motifs is 1. The molecule has 2 nitrogen and oxygen atoms in total. The molecule has 0 aliphatic carbocycles. The Morgan fingerprint density at radius 3 is 2.68 bits per heavy atom. The summed E-state index contributed by atoms with van der Waals surface area (Å²) in [6, 6.07) is 9.84. The zero-order chi connectivity index (χ0) is 13.8. The second-order valence-corrected chi connectivity index (χ2v) is 4.54. The summed E-state index contributed by atoms with van der Waals surface area (Å²) >= 11 is 0. The van der Waals surface area contributed by atoms with E-state index in [9.17, 15) is 9.18 Å². The van der Waals surface area contributed by atoms with Crippen molar-refractivity contribution < 1.29 is 9.18 Å². The van der Waals surface area contributed by atoms with Gasteiger partial charge < -0.3 is 5.32 Å². The molecule has 98 valence electrons. The standard InChI is InChI=1S/C16H16FNO/c1-3-6-11(2)18-16(19)14-9-10-15(17)13-8-5-4-7-12(13)14/h3-5,7-11H,1,6H2,2H3,(H,18,19). The molecule has 0 bridgehead atoms. The summed E-state index contributed by atoms with van der Waals surface area (Å²) in [5, 5.41) is 3.97. The average molecular weight is 257 g/mol. The third kappa shape index (κ3) is 2.81. The second-order valence-electron chi connectivity index (χ2n) is 4.54. The van der Waals surface area contributed by atoms with Crippen LogP contribution in [0, 0.1) is 5.82 Å². The largest absolute Gasteiger partial charge is 0.349 e. The first-order chi connectivity index (χ1) is 9.13. The fourth-order valence-electron chi connectivity index (χ4n) is 2.07. The Morgan fingerprint density at radius 2 is 2.00 bits per heavy atom. The molecule has 0 saturated carbocycles. The molecular formula is C16H16FNO. The molecular weight excluding hydrogens is 241 g/mol. The summed E-state index contributed by atoms with van der Waals surface area (Å²) in [6.07, 6.45) is 2.46. The van der Waals surface area contributed by atoms with Gasteiger partial charge in [0.15, 0.2) is 0 Å². The van der Waals surface area contributed by atoms with E-state index in [1.165, 1.54) is 12.1 Å². The predicted octanol–water partition coefficient (Wildman–Crippen LogP) is 3.67. The number of nitrogens with one attached hydrogen (secondary N) is 1. The molecule has 1 atom stereocenters. The van der Waals surface area contributed by atoms with E-state index < -0.39 is 0 Å². The molecule has 0 aliphatic heterocycles. The van der Waals surface area contributed by atoms with E-state index in [0.29, 0.717) is 22.8 Å². The third-order valence-electron chi connectivity index (χ3n) is 3.01. The average Bonchev–Trinajstić information content (AvgIpc) is 2.39. The van der Waals surface area contributed by atoms with Gasteiger partial charge in [0, 0.05) is 17.0 Å². The van der Waals surface area contributed by atoms with E-state index in [1.54, 1.807) is 30.3 Å². The molecule has 0 heterocycles. The first-order valence-electron chi connectivity index (χ1n) is 6.22. The van der Waals surface area contributed by atoms with E-state index in [-0.39, 0.29) is 17.8 Å². The monoisotopic (exact) mass is 257 g/mol. The van der Waals surface area contributed by atoms with Gasteiger partial charge in [0.05, 0.1) is 0 Å². The first kappa shape index (κ1) is 13.3. The van der Waals surface area contributed by atoms with Crippen LogP contribution in [0.15, 0.2) is 49.1 Å². The highest BCUT2D eigenvalue weighted by atomic mass is 19.1. The Bertz CT molecular complexity index is 621. The molecule has 2 aromatic rings. The summed E-state index contributed by atoms with van der Waals surface area (Å²) in [7, 11) is 0. The maximum absolute atomic E-state index is 13.7. The van der Waals surface area contributed by atoms with Crippen molar-refractivity contribution in [3.05, 3.63) is 60.4 Å². The van der Waals surface area contributed by atoms with Crippen molar-refractivity contribution in [2.45, 2.75) is 19.4 Å². The number of amides is 1. The van der Waals surface area contributed by atoms with Crippen LogP contribution >= 0.6 is 0 Å². The van der Waals surface area contributed by atoms with Crippen LogP contribution in [0.4, 0.5) is 4.39 Å². The Balaban J connectivity index is 2.37. The Hall–Kier alpha value is -2.16. The molecule has 0 spiro atoms. The van der Waals surface area contributed by atoms with Crippen LogP contribution in [-0.2, 0) is 0 Å². The maximum atomic E-state index is 13.7. The van der Waals surface area contributed by atoms with Crippen molar-refractivity contribution in [2.24, 2.45) is 0 Å². The fourth-order valence-corrected chi connectivity index (χ4v) is 2.07. The Morgan fingerprint density at radius 1 is 1.32 bits per heavy atom. The van der Waals surface area contributed by atoms with Gasteiger partial charge >= 0.3 is 0 Å². The van der Waals surface area contributed by atoms with Crippen LogP contribution in [0.25, 0.3) is 10.8 Å². The lowest BCUT2D eigenvalue weighted by molar-refractivity contribution is 0.0942. The lowest BCUT2D eigenvalue weighted by Crippen LogP contribution is -2.32. The fraction of sp³-hybridized carbons (Fsp3) is 0.188.